The van der Waals surface area contributed by atoms with Crippen LogP contribution in [0.15, 0.2) is 96.2 Å². The topological polar surface area (TPSA) is 255 Å². The van der Waals surface area contributed by atoms with Crippen LogP contribution in [0, 0.1) is 5.41 Å². The maximum absolute atomic E-state index is 13.5. The van der Waals surface area contributed by atoms with E-state index in [0.29, 0.717) is 127 Å². The van der Waals surface area contributed by atoms with Gasteiger partial charge < -0.3 is 55.3 Å². The summed E-state index contributed by atoms with van der Waals surface area (Å²) in [6.07, 6.45) is 9.37. The Bertz CT molecular complexity index is 2690. The van der Waals surface area contributed by atoms with Crippen molar-refractivity contribution in [3.63, 3.8) is 0 Å². The quantitative estimate of drug-likeness (QED) is 0.0210. The number of piperidine rings is 2. The molecule has 20 heteroatoms. The van der Waals surface area contributed by atoms with Crippen molar-refractivity contribution in [2.24, 2.45) is 10.7 Å². The molecule has 3 fully saturated rings. The highest BCUT2D eigenvalue weighted by molar-refractivity contribution is 6.08. The summed E-state index contributed by atoms with van der Waals surface area (Å²) in [5.74, 6) is 0.114. The molecule has 3 aromatic carbocycles. The predicted molar refractivity (Wildman–Crippen MR) is 292 cm³/mol. The average molecular weight is 1060 g/mol. The number of aromatic nitrogens is 1. The first-order chi connectivity index (χ1) is 37.5. The van der Waals surface area contributed by atoms with Crippen molar-refractivity contribution in [2.75, 3.05) is 95.7 Å². The number of hydrogen-bond donors (Lipinski definition) is 6. The summed E-state index contributed by atoms with van der Waals surface area (Å²) in [6.45, 7) is 9.68. The number of carbonyl (C=O) groups is 5. The third-order valence-electron chi connectivity index (χ3n) is 14.5. The van der Waals surface area contributed by atoms with Gasteiger partial charge in [-0.2, -0.15) is 0 Å². The molecule has 20 nitrogen and oxygen atoms in total. The van der Waals surface area contributed by atoms with E-state index in [-0.39, 0.29) is 41.9 Å². The lowest BCUT2D eigenvalue weighted by Gasteiger charge is -2.38. The third-order valence-corrected chi connectivity index (χ3v) is 14.5. The Morgan fingerprint density at radius 3 is 2.26 bits per heavy atom. The summed E-state index contributed by atoms with van der Waals surface area (Å²) >= 11 is 0. The van der Waals surface area contributed by atoms with Crippen LogP contribution in [0.1, 0.15) is 108 Å². The molecule has 7 N–H and O–H groups in total. The van der Waals surface area contributed by atoms with Gasteiger partial charge in [0.25, 0.3) is 11.8 Å². The Morgan fingerprint density at radius 1 is 0.831 bits per heavy atom. The van der Waals surface area contributed by atoms with E-state index in [0.717, 1.165) is 67.0 Å². The van der Waals surface area contributed by atoms with Gasteiger partial charge in [-0.25, -0.2) is 4.99 Å². The number of pyridine rings is 1. The molecule has 0 spiro atoms. The minimum atomic E-state index is -0.686. The van der Waals surface area contributed by atoms with Crippen molar-refractivity contribution < 1.29 is 42.9 Å². The number of piperazine rings is 1. The van der Waals surface area contributed by atoms with Crippen LogP contribution >= 0.6 is 0 Å². The highest BCUT2D eigenvalue weighted by atomic mass is 16.5. The lowest BCUT2D eigenvalue weighted by molar-refractivity contribution is -0.137. The van der Waals surface area contributed by atoms with E-state index in [1.54, 1.807) is 35.5 Å². The highest BCUT2D eigenvalue weighted by Crippen LogP contribution is 2.32. The molecule has 3 saturated heterocycles. The van der Waals surface area contributed by atoms with Gasteiger partial charge in [-0.3, -0.25) is 39.7 Å². The van der Waals surface area contributed by atoms with Gasteiger partial charge in [0.1, 0.15) is 17.6 Å². The molecule has 1 unspecified atom stereocenters. The molecule has 4 aliphatic heterocycles. The van der Waals surface area contributed by atoms with E-state index in [2.05, 4.69) is 36.1 Å². The summed E-state index contributed by atoms with van der Waals surface area (Å²) in [7, 11) is 0. The lowest BCUT2D eigenvalue weighted by Crippen LogP contribution is -2.56. The van der Waals surface area contributed by atoms with Crippen LogP contribution in [0.25, 0.3) is 0 Å². The molecule has 5 amide bonds. The first-order valence-corrected chi connectivity index (χ1v) is 27.0. The van der Waals surface area contributed by atoms with Crippen LogP contribution in [0.3, 0.4) is 0 Å². The van der Waals surface area contributed by atoms with Crippen LogP contribution in [0.2, 0.25) is 0 Å². The van der Waals surface area contributed by atoms with Gasteiger partial charge in [-0.05, 0) is 130 Å². The standard InChI is InChI=1S/C57H73N11O9/c1-40(62-53(71)43-7-6-8-45(37-43)65-57(20-24-61-25-21-57)56(59)64-52(58)42-17-22-60-23-18-42)41-9-12-47(13-10-41)77-31-5-3-2-4-30-74-33-35-76-36-34-75-32-19-51(70)67-28-26-66(27-29-67)46-11-14-48-44(38-46)39-68(55(48)73)49-15-16-50(69)63-54(49)72/h6-14,17-18,22-23,37-38,40,49,61,65H,2-5,15-16,19-21,24-36,39H2,1H3,(H,62,71)(H3,58,59,64)(H,63,69,72)/t40-,49?/m1/s1. The minimum Gasteiger partial charge on any atom is -0.494 e. The highest BCUT2D eigenvalue weighted by Gasteiger charge is 2.40. The molecule has 0 saturated carbocycles. The number of aliphatic imine (C=N–C) groups is 1. The van der Waals surface area contributed by atoms with Gasteiger partial charge in [-0.15, -0.1) is 0 Å². The molecule has 0 aliphatic carbocycles. The Labute approximate surface area is 450 Å². The molecule has 5 heterocycles. The number of nitrogens with one attached hydrogen (secondary N) is 5. The fourth-order valence-electron chi connectivity index (χ4n) is 10.0. The fraction of sp³-hybridized carbons (Fsp3) is 0.474. The number of carbonyl (C=O) groups excluding carboxylic acids is 5. The van der Waals surface area contributed by atoms with E-state index >= 15 is 0 Å². The minimum absolute atomic E-state index is 0.0552. The summed E-state index contributed by atoms with van der Waals surface area (Å²) in [6, 6.07) is 23.5. The second-order valence-corrected chi connectivity index (χ2v) is 19.8. The normalized spacial score (nSPS) is 17.9. The van der Waals surface area contributed by atoms with Crippen molar-refractivity contribution in [3.05, 3.63) is 119 Å². The number of fused-ring (bicyclic) bond motifs is 1. The molecule has 4 aromatic rings. The Hall–Kier alpha value is -7.26. The van der Waals surface area contributed by atoms with Crippen LogP contribution < -0.4 is 36.6 Å². The molecular formula is C57H73N11O9. The van der Waals surface area contributed by atoms with Crippen LogP contribution in [0.5, 0.6) is 5.75 Å². The van der Waals surface area contributed by atoms with E-state index in [4.69, 9.17) is 30.1 Å². The van der Waals surface area contributed by atoms with Gasteiger partial charge in [0, 0.05) is 86.2 Å². The van der Waals surface area contributed by atoms with Crippen molar-refractivity contribution >= 4 is 52.6 Å². The number of hydrogen-bond acceptors (Lipinski definition) is 14. The fourth-order valence-corrected chi connectivity index (χ4v) is 10.0. The molecule has 0 radical (unpaired) electrons. The number of amidine groups is 2. The maximum atomic E-state index is 13.5. The zero-order valence-corrected chi connectivity index (χ0v) is 44.1. The Balaban J connectivity index is 0.619. The smallest absolute Gasteiger partial charge is 0.255 e. The van der Waals surface area contributed by atoms with Gasteiger partial charge >= 0.3 is 0 Å². The number of benzene rings is 3. The summed E-state index contributed by atoms with van der Waals surface area (Å²) in [5.41, 5.74) is 11.2. The van der Waals surface area contributed by atoms with Crippen LogP contribution in [0.4, 0.5) is 11.4 Å². The SMILES string of the molecule is C[C@@H](NC(=O)c1cccc(NC2(C(N)=NC(=N)c3ccncc3)CCNCC2)c1)c1ccc(OCCCCCCOCCOCCOCCC(=O)N2CCN(c3ccc4c(c3)CN(C3CCC(=O)NC3=O)C4=O)CC2)cc1. The first-order valence-electron chi connectivity index (χ1n) is 27.0. The number of rotatable bonds is 26. The van der Waals surface area contributed by atoms with Gasteiger partial charge in [-0.1, -0.05) is 24.6 Å². The molecule has 0 bridgehead atoms. The summed E-state index contributed by atoms with van der Waals surface area (Å²) in [5, 5.41) is 20.9. The monoisotopic (exact) mass is 1060 g/mol. The van der Waals surface area contributed by atoms with Crippen molar-refractivity contribution in [1.82, 2.24) is 30.7 Å². The van der Waals surface area contributed by atoms with E-state index < -0.39 is 17.5 Å². The number of unbranched alkanes of at least 4 members (excludes halogenated alkanes) is 3. The number of amides is 5. The van der Waals surface area contributed by atoms with Crippen LogP contribution in [-0.4, -0.2) is 153 Å². The molecular weight excluding hydrogens is 983 g/mol. The summed E-state index contributed by atoms with van der Waals surface area (Å²) < 4.78 is 23.1. The van der Waals surface area contributed by atoms with E-state index in [9.17, 15) is 24.0 Å². The van der Waals surface area contributed by atoms with E-state index in [1.165, 1.54) is 0 Å². The number of nitrogens with zero attached hydrogens (tertiary/aromatic N) is 5. The van der Waals surface area contributed by atoms with Crippen molar-refractivity contribution in [1.29, 1.82) is 5.41 Å². The first kappa shape index (κ1) is 56.0. The molecule has 77 heavy (non-hydrogen) atoms. The molecule has 4 aliphatic rings. The number of ether oxygens (including phenoxy) is 4. The lowest BCUT2D eigenvalue weighted by atomic mass is 9.86. The van der Waals surface area contributed by atoms with Crippen molar-refractivity contribution in [2.45, 2.75) is 88.9 Å². The maximum Gasteiger partial charge on any atom is 0.255 e. The third kappa shape index (κ3) is 15.5. The van der Waals surface area contributed by atoms with Crippen molar-refractivity contribution in [3.8, 4) is 5.75 Å². The molecule has 1 aromatic heterocycles. The molecule has 8 rings (SSSR count). The Kier molecular flexibility index (Phi) is 20.1. The second-order valence-electron chi connectivity index (χ2n) is 19.8. The predicted octanol–water partition coefficient (Wildman–Crippen LogP) is 4.98. The largest absolute Gasteiger partial charge is 0.494 e. The number of anilines is 2. The van der Waals surface area contributed by atoms with Gasteiger partial charge in [0.2, 0.25) is 17.7 Å². The molecule has 410 valence electrons. The zero-order chi connectivity index (χ0) is 54.0. The zero-order valence-electron chi connectivity index (χ0n) is 44.1. The summed E-state index contributed by atoms with van der Waals surface area (Å²) in [4.78, 5) is 77.6. The van der Waals surface area contributed by atoms with Gasteiger partial charge in [0.15, 0.2) is 5.84 Å². The van der Waals surface area contributed by atoms with Crippen LogP contribution in [-0.2, 0) is 35.1 Å². The Morgan fingerprint density at radius 2 is 1.53 bits per heavy atom. The van der Waals surface area contributed by atoms with E-state index in [1.807, 2.05) is 72.5 Å². The molecule has 2 atom stereocenters. The average Bonchev–Trinajstić information content (AvgIpc) is 3.78. The second kappa shape index (κ2) is 27.7. The van der Waals surface area contributed by atoms with Gasteiger partial charge in [0.05, 0.1) is 57.6 Å². The number of imide groups is 1. The number of nitrogens with two attached hydrogens (primary N) is 1.